The molecule has 0 unspecified atom stereocenters. The van der Waals surface area contributed by atoms with Crippen LogP contribution in [-0.2, 0) is 4.79 Å². The number of nitrogens with one attached hydrogen (secondary N) is 2. The van der Waals surface area contributed by atoms with Crippen LogP contribution < -0.4 is 15.4 Å². The standard InChI is InChI=1S/C21H24N2O3/c1-3-4-15-22-21(25)18-7-5-6-8-19(18)23-20(24)14-11-16-9-12-17(26-2)13-10-16/h5-14H,3-4,15H2,1-2H3,(H,22,25)(H,23,24)/b14-11+. The average molecular weight is 352 g/mol. The first-order valence-electron chi connectivity index (χ1n) is 8.64. The van der Waals surface area contributed by atoms with Crippen LogP contribution in [0, 0.1) is 0 Å². The van der Waals surface area contributed by atoms with Crippen LogP contribution in [0.1, 0.15) is 35.7 Å². The lowest BCUT2D eigenvalue weighted by molar-refractivity contribution is -0.111. The maximum Gasteiger partial charge on any atom is 0.253 e. The van der Waals surface area contributed by atoms with Gasteiger partial charge >= 0.3 is 0 Å². The molecule has 0 heterocycles. The first-order chi connectivity index (χ1) is 12.6. The molecule has 0 bridgehead atoms. The Kier molecular flexibility index (Phi) is 7.43. The highest BCUT2D eigenvalue weighted by Gasteiger charge is 2.11. The minimum atomic E-state index is -0.297. The molecule has 136 valence electrons. The Bertz CT molecular complexity index is 767. The number of para-hydroxylation sites is 1. The van der Waals surface area contributed by atoms with Crippen LogP contribution in [0.4, 0.5) is 5.69 Å². The van der Waals surface area contributed by atoms with Gasteiger partial charge in [0.05, 0.1) is 18.4 Å². The fourth-order valence-electron chi connectivity index (χ4n) is 2.33. The van der Waals surface area contributed by atoms with Gasteiger partial charge in [0.1, 0.15) is 5.75 Å². The number of hydrogen-bond acceptors (Lipinski definition) is 3. The lowest BCUT2D eigenvalue weighted by Crippen LogP contribution is -2.25. The maximum absolute atomic E-state index is 12.3. The second kappa shape index (κ2) is 10.0. The first-order valence-corrected chi connectivity index (χ1v) is 8.64. The Balaban J connectivity index is 2.01. The topological polar surface area (TPSA) is 67.4 Å². The summed E-state index contributed by atoms with van der Waals surface area (Å²) in [5.41, 5.74) is 1.83. The Morgan fingerprint density at radius 2 is 1.81 bits per heavy atom. The number of carbonyl (C=O) groups excluding carboxylic acids is 2. The van der Waals surface area contributed by atoms with E-state index in [1.165, 1.54) is 6.08 Å². The van der Waals surface area contributed by atoms with Crippen LogP contribution in [0.15, 0.2) is 54.6 Å². The summed E-state index contributed by atoms with van der Waals surface area (Å²) in [6.07, 6.45) is 5.08. The molecule has 2 rings (SSSR count). The van der Waals surface area contributed by atoms with Gasteiger partial charge in [-0.15, -0.1) is 0 Å². The van der Waals surface area contributed by atoms with Gasteiger partial charge in [0, 0.05) is 12.6 Å². The number of carbonyl (C=O) groups is 2. The van der Waals surface area contributed by atoms with E-state index in [2.05, 4.69) is 17.6 Å². The number of methoxy groups -OCH3 is 1. The van der Waals surface area contributed by atoms with Crippen LogP contribution >= 0.6 is 0 Å². The third-order valence-corrected chi connectivity index (χ3v) is 3.79. The molecule has 0 atom stereocenters. The number of rotatable bonds is 8. The summed E-state index contributed by atoms with van der Waals surface area (Å²) in [7, 11) is 1.61. The number of benzene rings is 2. The molecular formula is C21H24N2O3. The van der Waals surface area contributed by atoms with Crippen molar-refractivity contribution in [1.82, 2.24) is 5.32 Å². The molecule has 5 heteroatoms. The van der Waals surface area contributed by atoms with Gasteiger partial charge in [-0.2, -0.15) is 0 Å². The highest BCUT2D eigenvalue weighted by Crippen LogP contribution is 2.16. The van der Waals surface area contributed by atoms with Crippen LogP contribution in [-0.4, -0.2) is 25.5 Å². The normalized spacial score (nSPS) is 10.5. The largest absolute Gasteiger partial charge is 0.497 e. The fourth-order valence-corrected chi connectivity index (χ4v) is 2.33. The third-order valence-electron chi connectivity index (χ3n) is 3.79. The maximum atomic E-state index is 12.3. The molecule has 0 saturated heterocycles. The highest BCUT2D eigenvalue weighted by atomic mass is 16.5. The van der Waals surface area contributed by atoms with Crippen LogP contribution in [0.25, 0.3) is 6.08 Å². The molecule has 2 N–H and O–H groups in total. The van der Waals surface area contributed by atoms with Crippen LogP contribution in [0.5, 0.6) is 5.75 Å². The van der Waals surface area contributed by atoms with Gasteiger partial charge in [-0.25, -0.2) is 0 Å². The molecule has 0 aliphatic heterocycles. The Labute approximate surface area is 154 Å². The number of hydrogen-bond donors (Lipinski definition) is 2. The minimum absolute atomic E-state index is 0.187. The molecule has 0 radical (unpaired) electrons. The molecule has 0 spiro atoms. The second-order valence-corrected chi connectivity index (χ2v) is 5.75. The smallest absolute Gasteiger partial charge is 0.253 e. The number of unbranched alkanes of at least 4 members (excludes halogenated alkanes) is 1. The number of anilines is 1. The SMILES string of the molecule is CCCCNC(=O)c1ccccc1NC(=O)/C=C/c1ccc(OC)cc1. The van der Waals surface area contributed by atoms with E-state index in [4.69, 9.17) is 4.74 Å². The van der Waals surface area contributed by atoms with E-state index >= 15 is 0 Å². The summed E-state index contributed by atoms with van der Waals surface area (Å²) >= 11 is 0. The lowest BCUT2D eigenvalue weighted by atomic mass is 10.1. The van der Waals surface area contributed by atoms with Crippen molar-refractivity contribution in [2.75, 3.05) is 19.0 Å². The van der Waals surface area contributed by atoms with Crippen molar-refractivity contribution >= 4 is 23.6 Å². The van der Waals surface area contributed by atoms with Crippen LogP contribution in [0.3, 0.4) is 0 Å². The lowest BCUT2D eigenvalue weighted by Gasteiger charge is -2.10. The summed E-state index contributed by atoms with van der Waals surface area (Å²) in [4.78, 5) is 24.5. The summed E-state index contributed by atoms with van der Waals surface area (Å²) in [6, 6.07) is 14.3. The monoisotopic (exact) mass is 352 g/mol. The van der Waals surface area contributed by atoms with Crippen molar-refractivity contribution in [3.63, 3.8) is 0 Å². The minimum Gasteiger partial charge on any atom is -0.497 e. The van der Waals surface area contributed by atoms with Crippen LogP contribution in [0.2, 0.25) is 0 Å². The van der Waals surface area contributed by atoms with Gasteiger partial charge < -0.3 is 15.4 Å². The molecular weight excluding hydrogens is 328 g/mol. The van der Waals surface area contributed by atoms with Gasteiger partial charge in [0.2, 0.25) is 5.91 Å². The Hall–Kier alpha value is -3.08. The van der Waals surface area contributed by atoms with Crippen molar-refractivity contribution in [3.8, 4) is 5.75 Å². The quantitative estimate of drug-likeness (QED) is 0.560. The zero-order valence-electron chi connectivity index (χ0n) is 15.1. The predicted molar refractivity (Wildman–Crippen MR) is 104 cm³/mol. The molecule has 2 aromatic carbocycles. The predicted octanol–water partition coefficient (Wildman–Crippen LogP) is 3.88. The molecule has 0 saturated carbocycles. The van der Waals surface area contributed by atoms with E-state index < -0.39 is 0 Å². The molecule has 0 aromatic heterocycles. The molecule has 0 fully saturated rings. The second-order valence-electron chi connectivity index (χ2n) is 5.75. The highest BCUT2D eigenvalue weighted by molar-refractivity contribution is 6.07. The van der Waals surface area contributed by atoms with Crippen molar-refractivity contribution < 1.29 is 14.3 Å². The van der Waals surface area contributed by atoms with Gasteiger partial charge in [-0.1, -0.05) is 37.6 Å². The molecule has 26 heavy (non-hydrogen) atoms. The van der Waals surface area contributed by atoms with Gasteiger partial charge in [0.25, 0.3) is 5.91 Å². The van der Waals surface area contributed by atoms with Crippen molar-refractivity contribution in [2.24, 2.45) is 0 Å². The zero-order valence-corrected chi connectivity index (χ0v) is 15.1. The van der Waals surface area contributed by atoms with E-state index in [1.807, 2.05) is 24.3 Å². The Morgan fingerprint density at radius 3 is 2.50 bits per heavy atom. The van der Waals surface area contributed by atoms with Crippen molar-refractivity contribution in [3.05, 3.63) is 65.7 Å². The Morgan fingerprint density at radius 1 is 1.08 bits per heavy atom. The van der Waals surface area contributed by atoms with E-state index in [-0.39, 0.29) is 11.8 Å². The molecule has 2 aromatic rings. The average Bonchev–Trinajstić information content (AvgIpc) is 2.67. The van der Waals surface area contributed by atoms with Crippen molar-refractivity contribution in [1.29, 1.82) is 0 Å². The van der Waals surface area contributed by atoms with E-state index in [9.17, 15) is 9.59 Å². The molecule has 0 aliphatic rings. The number of amides is 2. The van der Waals surface area contributed by atoms with Gasteiger partial charge in [-0.3, -0.25) is 9.59 Å². The van der Waals surface area contributed by atoms with Gasteiger partial charge in [-0.05, 0) is 42.3 Å². The molecule has 0 aliphatic carbocycles. The third kappa shape index (κ3) is 5.77. The van der Waals surface area contributed by atoms with Crippen molar-refractivity contribution in [2.45, 2.75) is 19.8 Å². The van der Waals surface area contributed by atoms with E-state index in [1.54, 1.807) is 37.5 Å². The zero-order chi connectivity index (χ0) is 18.8. The summed E-state index contributed by atoms with van der Waals surface area (Å²) in [5, 5.41) is 5.63. The van der Waals surface area contributed by atoms with E-state index in [0.717, 1.165) is 24.2 Å². The fraction of sp³-hybridized carbons (Fsp3) is 0.238. The summed E-state index contributed by atoms with van der Waals surface area (Å²) in [6.45, 7) is 2.68. The van der Waals surface area contributed by atoms with E-state index in [0.29, 0.717) is 17.8 Å². The molecule has 2 amide bonds. The first kappa shape index (κ1) is 19.2. The number of ether oxygens (including phenoxy) is 1. The molecule has 5 nitrogen and oxygen atoms in total. The van der Waals surface area contributed by atoms with Gasteiger partial charge in [0.15, 0.2) is 0 Å². The summed E-state index contributed by atoms with van der Waals surface area (Å²) < 4.78 is 5.10. The summed E-state index contributed by atoms with van der Waals surface area (Å²) in [5.74, 6) is 0.276.